The first kappa shape index (κ1) is 13.2. The first-order valence-corrected chi connectivity index (χ1v) is 6.22. The summed E-state index contributed by atoms with van der Waals surface area (Å²) in [5, 5.41) is 13.2. The standard InChI is InChI=1S/C13H8Cl3NO/c14-10-6-4-9(5-7-10)8-17(18)13-11(15)2-1-3-12(13)16/h1-8H. The van der Waals surface area contributed by atoms with Gasteiger partial charge in [0.1, 0.15) is 10.0 Å². The lowest BCUT2D eigenvalue weighted by molar-refractivity contribution is -0.354. The molecule has 0 bridgehead atoms. The van der Waals surface area contributed by atoms with Gasteiger partial charge in [0.15, 0.2) is 6.21 Å². The lowest BCUT2D eigenvalue weighted by atomic mass is 10.2. The van der Waals surface area contributed by atoms with Gasteiger partial charge in [0.25, 0.3) is 5.69 Å². The van der Waals surface area contributed by atoms with Crippen molar-refractivity contribution >= 4 is 46.7 Å². The van der Waals surface area contributed by atoms with Gasteiger partial charge >= 0.3 is 0 Å². The Balaban J connectivity index is 2.42. The van der Waals surface area contributed by atoms with Gasteiger partial charge in [-0.3, -0.25) is 0 Å². The Labute approximate surface area is 120 Å². The van der Waals surface area contributed by atoms with Crippen molar-refractivity contribution in [1.29, 1.82) is 0 Å². The molecule has 5 heteroatoms. The zero-order valence-corrected chi connectivity index (χ0v) is 11.4. The second kappa shape index (κ2) is 5.61. The first-order chi connectivity index (χ1) is 8.58. The highest BCUT2D eigenvalue weighted by atomic mass is 35.5. The largest absolute Gasteiger partial charge is 0.618 e. The quantitative estimate of drug-likeness (QED) is 0.335. The second-order valence-corrected chi connectivity index (χ2v) is 4.83. The average Bonchev–Trinajstić information content (AvgIpc) is 2.32. The fourth-order valence-corrected chi connectivity index (χ4v) is 2.14. The highest BCUT2D eigenvalue weighted by Gasteiger charge is 2.13. The van der Waals surface area contributed by atoms with Crippen LogP contribution >= 0.6 is 34.8 Å². The molecule has 2 aromatic rings. The summed E-state index contributed by atoms with van der Waals surface area (Å²) >= 11 is 17.7. The molecule has 0 fully saturated rings. The summed E-state index contributed by atoms with van der Waals surface area (Å²) in [5.74, 6) is 0. The van der Waals surface area contributed by atoms with Crippen LogP contribution < -0.4 is 0 Å². The molecule has 18 heavy (non-hydrogen) atoms. The highest BCUT2D eigenvalue weighted by molar-refractivity contribution is 6.38. The molecule has 0 amide bonds. The normalized spacial score (nSPS) is 11.6. The maximum atomic E-state index is 12.0. The molecule has 0 spiro atoms. The molecule has 0 radical (unpaired) electrons. The zero-order chi connectivity index (χ0) is 13.1. The predicted octanol–water partition coefficient (Wildman–Crippen LogP) is 4.91. The van der Waals surface area contributed by atoms with Gasteiger partial charge < -0.3 is 5.21 Å². The van der Waals surface area contributed by atoms with Crippen LogP contribution in [-0.2, 0) is 0 Å². The minimum absolute atomic E-state index is 0.232. The van der Waals surface area contributed by atoms with E-state index in [0.29, 0.717) is 25.4 Å². The molecule has 0 N–H and O–H groups in total. The molecule has 0 saturated heterocycles. The Morgan fingerprint density at radius 3 is 2.00 bits per heavy atom. The van der Waals surface area contributed by atoms with Gasteiger partial charge in [-0.1, -0.05) is 40.9 Å². The number of rotatable bonds is 2. The van der Waals surface area contributed by atoms with E-state index in [-0.39, 0.29) is 5.69 Å². The Bertz CT molecular complexity index is 573. The minimum atomic E-state index is 0.232. The van der Waals surface area contributed by atoms with Crippen LogP contribution in [-0.4, -0.2) is 11.0 Å². The van der Waals surface area contributed by atoms with Gasteiger partial charge in [-0.05, 0) is 36.4 Å². The number of hydrogen-bond donors (Lipinski definition) is 0. The molecule has 0 aliphatic heterocycles. The molecule has 0 aromatic heterocycles. The number of para-hydroxylation sites is 1. The minimum Gasteiger partial charge on any atom is -0.618 e. The summed E-state index contributed by atoms with van der Waals surface area (Å²) in [4.78, 5) is 0. The van der Waals surface area contributed by atoms with Crippen LogP contribution in [0.2, 0.25) is 15.1 Å². The third-order valence-electron chi connectivity index (χ3n) is 2.29. The molecule has 0 unspecified atom stereocenters. The van der Waals surface area contributed by atoms with Crippen LogP contribution in [0.4, 0.5) is 5.69 Å². The zero-order valence-electron chi connectivity index (χ0n) is 9.11. The third kappa shape index (κ3) is 2.96. The van der Waals surface area contributed by atoms with E-state index in [2.05, 4.69) is 0 Å². The predicted molar refractivity (Wildman–Crippen MR) is 76.4 cm³/mol. The van der Waals surface area contributed by atoms with Crippen LogP contribution in [0.3, 0.4) is 0 Å². The van der Waals surface area contributed by atoms with Crippen molar-refractivity contribution in [2.24, 2.45) is 0 Å². The fraction of sp³-hybridized carbons (Fsp3) is 0. The SMILES string of the molecule is [O-][N+](=Cc1ccc(Cl)cc1)c1c(Cl)cccc1Cl. The van der Waals surface area contributed by atoms with E-state index in [1.54, 1.807) is 42.5 Å². The van der Waals surface area contributed by atoms with E-state index in [4.69, 9.17) is 34.8 Å². The second-order valence-electron chi connectivity index (χ2n) is 3.58. The van der Waals surface area contributed by atoms with Crippen molar-refractivity contribution in [2.45, 2.75) is 0 Å². The summed E-state index contributed by atoms with van der Waals surface area (Å²) < 4.78 is 0.647. The number of benzene rings is 2. The Kier molecular flexibility index (Phi) is 4.12. The number of nitrogens with zero attached hydrogens (tertiary/aromatic N) is 1. The molecule has 92 valence electrons. The average molecular weight is 301 g/mol. The smallest absolute Gasteiger partial charge is 0.254 e. The molecular formula is C13H8Cl3NO. The van der Waals surface area contributed by atoms with Crippen molar-refractivity contribution in [3.63, 3.8) is 0 Å². The van der Waals surface area contributed by atoms with E-state index in [1.165, 1.54) is 6.21 Å². The van der Waals surface area contributed by atoms with Gasteiger partial charge in [0.2, 0.25) is 0 Å². The fourth-order valence-electron chi connectivity index (χ4n) is 1.45. The van der Waals surface area contributed by atoms with E-state index in [9.17, 15) is 5.21 Å². The monoisotopic (exact) mass is 299 g/mol. The van der Waals surface area contributed by atoms with Gasteiger partial charge in [-0.25, -0.2) is 0 Å². The molecule has 0 heterocycles. The van der Waals surface area contributed by atoms with Crippen molar-refractivity contribution < 1.29 is 4.74 Å². The molecule has 2 nitrogen and oxygen atoms in total. The lowest BCUT2D eigenvalue weighted by Crippen LogP contribution is -2.00. The third-order valence-corrected chi connectivity index (χ3v) is 3.16. The van der Waals surface area contributed by atoms with E-state index in [0.717, 1.165) is 0 Å². The molecule has 0 aliphatic carbocycles. The maximum absolute atomic E-state index is 12.0. The molecular weight excluding hydrogens is 293 g/mol. The van der Waals surface area contributed by atoms with E-state index < -0.39 is 0 Å². The van der Waals surface area contributed by atoms with Crippen molar-refractivity contribution in [3.8, 4) is 0 Å². The Morgan fingerprint density at radius 1 is 0.889 bits per heavy atom. The Hall–Kier alpha value is -1.22. The highest BCUT2D eigenvalue weighted by Crippen LogP contribution is 2.31. The van der Waals surface area contributed by atoms with Crippen molar-refractivity contribution in [2.75, 3.05) is 0 Å². The number of hydrogen-bond acceptors (Lipinski definition) is 1. The van der Waals surface area contributed by atoms with Gasteiger partial charge in [-0.2, -0.15) is 4.74 Å². The summed E-state index contributed by atoms with van der Waals surface area (Å²) in [6.45, 7) is 0. The topological polar surface area (TPSA) is 26.1 Å². The molecule has 2 rings (SSSR count). The molecule has 0 saturated carbocycles. The summed E-state index contributed by atoms with van der Waals surface area (Å²) in [6, 6.07) is 11.8. The summed E-state index contributed by atoms with van der Waals surface area (Å²) in [7, 11) is 0. The molecule has 0 aliphatic rings. The Morgan fingerprint density at radius 2 is 1.44 bits per heavy atom. The van der Waals surface area contributed by atoms with Crippen molar-refractivity contribution in [1.82, 2.24) is 0 Å². The van der Waals surface area contributed by atoms with Crippen molar-refractivity contribution in [3.05, 3.63) is 68.3 Å². The van der Waals surface area contributed by atoms with Crippen LogP contribution in [0, 0.1) is 5.21 Å². The van der Waals surface area contributed by atoms with Crippen LogP contribution in [0.25, 0.3) is 0 Å². The molecule has 2 aromatic carbocycles. The maximum Gasteiger partial charge on any atom is 0.254 e. The van der Waals surface area contributed by atoms with E-state index in [1.807, 2.05) is 0 Å². The van der Waals surface area contributed by atoms with Crippen LogP contribution in [0.1, 0.15) is 5.56 Å². The molecule has 0 atom stereocenters. The lowest BCUT2D eigenvalue weighted by Gasteiger charge is -2.06. The van der Waals surface area contributed by atoms with Crippen LogP contribution in [0.15, 0.2) is 42.5 Å². The van der Waals surface area contributed by atoms with Crippen LogP contribution in [0.5, 0.6) is 0 Å². The van der Waals surface area contributed by atoms with Gasteiger partial charge in [0.05, 0.1) is 0 Å². The van der Waals surface area contributed by atoms with Gasteiger partial charge in [-0.15, -0.1) is 0 Å². The van der Waals surface area contributed by atoms with E-state index >= 15 is 0 Å². The van der Waals surface area contributed by atoms with Gasteiger partial charge in [0, 0.05) is 10.6 Å². The number of halogens is 3. The summed E-state index contributed by atoms with van der Waals surface area (Å²) in [6.07, 6.45) is 1.39. The summed E-state index contributed by atoms with van der Waals surface area (Å²) in [5.41, 5.74) is 0.946. The first-order valence-electron chi connectivity index (χ1n) is 5.09.